The van der Waals surface area contributed by atoms with E-state index >= 15 is 0 Å². The number of imidazole rings is 1. The van der Waals surface area contributed by atoms with E-state index in [1.165, 1.54) is 54.9 Å². The summed E-state index contributed by atoms with van der Waals surface area (Å²) in [6.07, 6.45) is 9.14. The molecule has 0 spiro atoms. The van der Waals surface area contributed by atoms with Gasteiger partial charge in [0.05, 0.1) is 5.69 Å². The number of anilines is 1. The Hall–Kier alpha value is -2.22. The minimum absolute atomic E-state index is 0.143. The van der Waals surface area contributed by atoms with Crippen LogP contribution in [-0.2, 0) is 16.8 Å². The van der Waals surface area contributed by atoms with E-state index in [1.807, 2.05) is 6.07 Å². The summed E-state index contributed by atoms with van der Waals surface area (Å²) in [4.78, 5) is 27.4. The Labute approximate surface area is 183 Å². The van der Waals surface area contributed by atoms with E-state index < -0.39 is 4.92 Å². The van der Waals surface area contributed by atoms with Gasteiger partial charge < -0.3 is 15.4 Å². The van der Waals surface area contributed by atoms with E-state index in [1.54, 1.807) is 6.92 Å². The average molecular weight is 473 g/mol. The molecule has 7 nitrogen and oxygen atoms in total. The van der Waals surface area contributed by atoms with Crippen LogP contribution >= 0.6 is 15.9 Å². The molecule has 1 amide bonds. The van der Waals surface area contributed by atoms with Crippen molar-refractivity contribution < 1.29 is 9.72 Å². The predicted molar refractivity (Wildman–Crippen MR) is 116 cm³/mol. The number of benzene rings is 1. The number of carbonyl (C=O) groups excluding carboxylic acids is 1. The largest absolute Gasteiger partial charge is 0.358 e. The van der Waals surface area contributed by atoms with E-state index in [2.05, 4.69) is 38.4 Å². The number of amides is 1. The highest BCUT2D eigenvalue weighted by Gasteiger charge is 2.51. The van der Waals surface area contributed by atoms with Gasteiger partial charge in [-0.25, -0.2) is 9.55 Å². The highest BCUT2D eigenvalue weighted by Crippen LogP contribution is 2.61. The first-order chi connectivity index (χ1) is 14.3. The molecule has 0 unspecified atom stereocenters. The Kier molecular flexibility index (Phi) is 4.72. The summed E-state index contributed by atoms with van der Waals surface area (Å²) in [6, 6.07) is 6.34. The van der Waals surface area contributed by atoms with Gasteiger partial charge in [0.1, 0.15) is 6.20 Å². The quantitative estimate of drug-likeness (QED) is 0.491. The van der Waals surface area contributed by atoms with Crippen molar-refractivity contribution in [2.24, 2.45) is 17.8 Å². The van der Waals surface area contributed by atoms with Crippen molar-refractivity contribution in [1.29, 1.82) is 0 Å². The molecule has 30 heavy (non-hydrogen) atoms. The van der Waals surface area contributed by atoms with Crippen LogP contribution in [0.25, 0.3) is 0 Å². The molecule has 0 aliphatic heterocycles. The summed E-state index contributed by atoms with van der Waals surface area (Å²) in [6.45, 7) is 1.51. The van der Waals surface area contributed by atoms with Crippen LogP contribution in [0.3, 0.4) is 0 Å². The fourth-order valence-electron chi connectivity index (χ4n) is 6.55. The summed E-state index contributed by atoms with van der Waals surface area (Å²) in [5.74, 6) is 2.51. The SMILES string of the molecule is Cc1ncc([N+](=O)[O-])n1CC(=O)Nc1cc(C23CC4CC(CC(C4)C2)C3)ccc1Br. The van der Waals surface area contributed by atoms with Crippen molar-refractivity contribution in [2.75, 3.05) is 5.32 Å². The maximum absolute atomic E-state index is 12.7. The van der Waals surface area contributed by atoms with Crippen LogP contribution in [0.4, 0.5) is 11.5 Å². The van der Waals surface area contributed by atoms with Gasteiger partial charge in [-0.1, -0.05) is 6.07 Å². The zero-order chi connectivity index (χ0) is 21.0. The number of aromatic nitrogens is 2. The second-order valence-electron chi connectivity index (χ2n) is 9.45. The van der Waals surface area contributed by atoms with Crippen LogP contribution in [0.2, 0.25) is 0 Å². The minimum Gasteiger partial charge on any atom is -0.358 e. The molecule has 1 aromatic carbocycles. The molecule has 4 saturated carbocycles. The lowest BCUT2D eigenvalue weighted by Crippen LogP contribution is -2.48. The molecule has 6 rings (SSSR count). The highest BCUT2D eigenvalue weighted by molar-refractivity contribution is 9.10. The molecule has 4 aliphatic rings. The fourth-order valence-corrected chi connectivity index (χ4v) is 6.89. The summed E-state index contributed by atoms with van der Waals surface area (Å²) >= 11 is 3.56. The number of nitro groups is 1. The number of carbonyl (C=O) groups is 1. The molecule has 4 fully saturated rings. The highest BCUT2D eigenvalue weighted by atomic mass is 79.9. The zero-order valence-corrected chi connectivity index (χ0v) is 18.5. The third-order valence-corrected chi connectivity index (χ3v) is 8.11. The standard InChI is InChI=1S/C22H25BrN4O3/c1-13-24-11-21(27(29)30)26(13)12-20(28)25-19-7-17(2-3-18(19)23)22-8-14-4-15(9-22)6-16(5-14)10-22/h2-3,7,11,14-16H,4-6,8-10,12H2,1H3,(H,25,28). The van der Waals surface area contributed by atoms with E-state index in [0.29, 0.717) is 5.82 Å². The minimum atomic E-state index is -0.517. The molecule has 4 aliphatic carbocycles. The van der Waals surface area contributed by atoms with Gasteiger partial charge in [-0.2, -0.15) is 0 Å². The van der Waals surface area contributed by atoms with Crippen molar-refractivity contribution in [3.05, 3.63) is 50.4 Å². The van der Waals surface area contributed by atoms with E-state index in [9.17, 15) is 14.9 Å². The van der Waals surface area contributed by atoms with Crippen molar-refractivity contribution in [3.8, 4) is 0 Å². The number of nitrogens with zero attached hydrogens (tertiary/aromatic N) is 3. The Morgan fingerprint density at radius 3 is 2.50 bits per heavy atom. The lowest BCUT2D eigenvalue weighted by atomic mass is 9.48. The maximum atomic E-state index is 12.7. The molecule has 158 valence electrons. The van der Waals surface area contributed by atoms with Gasteiger partial charge in [0.25, 0.3) is 5.91 Å². The summed E-state index contributed by atoms with van der Waals surface area (Å²) in [5.41, 5.74) is 2.30. The number of rotatable bonds is 5. The van der Waals surface area contributed by atoms with Crippen LogP contribution in [0.15, 0.2) is 28.9 Å². The molecule has 1 heterocycles. The molecule has 1 N–H and O–H groups in total. The smallest absolute Gasteiger partial charge is 0.343 e. The molecule has 0 saturated heterocycles. The molecular weight excluding hydrogens is 448 g/mol. The average Bonchev–Trinajstić information content (AvgIpc) is 3.03. The van der Waals surface area contributed by atoms with E-state index in [-0.39, 0.29) is 23.7 Å². The monoisotopic (exact) mass is 472 g/mol. The van der Waals surface area contributed by atoms with Crippen LogP contribution in [0.5, 0.6) is 0 Å². The molecule has 8 heteroatoms. The van der Waals surface area contributed by atoms with Gasteiger partial charge in [0, 0.05) is 11.4 Å². The van der Waals surface area contributed by atoms with Gasteiger partial charge in [-0.05, 0) is 100 Å². The van der Waals surface area contributed by atoms with Crippen molar-refractivity contribution in [2.45, 2.75) is 57.4 Å². The molecule has 4 bridgehead atoms. The third-order valence-electron chi connectivity index (χ3n) is 7.41. The number of hydrogen-bond acceptors (Lipinski definition) is 4. The molecule has 0 radical (unpaired) electrons. The summed E-state index contributed by atoms with van der Waals surface area (Å²) in [7, 11) is 0. The van der Waals surface area contributed by atoms with Crippen molar-refractivity contribution >= 4 is 33.3 Å². The third kappa shape index (κ3) is 3.35. The number of halogens is 1. The van der Waals surface area contributed by atoms with Crippen LogP contribution < -0.4 is 5.32 Å². The lowest BCUT2D eigenvalue weighted by molar-refractivity contribution is -0.392. The molecule has 2 aromatic rings. The number of hydrogen-bond donors (Lipinski definition) is 1. The van der Waals surface area contributed by atoms with Gasteiger partial charge in [-0.15, -0.1) is 0 Å². The predicted octanol–water partition coefficient (Wildman–Crippen LogP) is 4.97. The van der Waals surface area contributed by atoms with E-state index in [0.717, 1.165) is 27.9 Å². The Balaban J connectivity index is 1.38. The number of nitrogens with one attached hydrogen (secondary N) is 1. The summed E-state index contributed by atoms with van der Waals surface area (Å²) in [5, 5.41) is 14.1. The normalized spacial score (nSPS) is 29.2. The van der Waals surface area contributed by atoms with Crippen molar-refractivity contribution in [3.63, 3.8) is 0 Å². The first-order valence-electron chi connectivity index (χ1n) is 10.6. The number of aryl methyl sites for hydroxylation is 1. The second kappa shape index (κ2) is 7.18. The molecule has 0 atom stereocenters. The van der Waals surface area contributed by atoms with Crippen LogP contribution in [0.1, 0.15) is 49.9 Å². The summed E-state index contributed by atoms with van der Waals surface area (Å²) < 4.78 is 2.15. The van der Waals surface area contributed by atoms with E-state index in [4.69, 9.17) is 0 Å². The first kappa shape index (κ1) is 19.7. The fraction of sp³-hybridized carbons (Fsp3) is 0.545. The Bertz CT molecular complexity index is 996. The van der Waals surface area contributed by atoms with Gasteiger partial charge in [0.2, 0.25) is 0 Å². The zero-order valence-electron chi connectivity index (χ0n) is 16.9. The first-order valence-corrected chi connectivity index (χ1v) is 11.4. The maximum Gasteiger partial charge on any atom is 0.343 e. The Morgan fingerprint density at radius 2 is 1.90 bits per heavy atom. The molecular formula is C22H25BrN4O3. The second-order valence-corrected chi connectivity index (χ2v) is 10.3. The van der Waals surface area contributed by atoms with Crippen molar-refractivity contribution in [1.82, 2.24) is 9.55 Å². The van der Waals surface area contributed by atoms with Gasteiger partial charge in [0.15, 0.2) is 12.4 Å². The van der Waals surface area contributed by atoms with Crippen LogP contribution in [-0.4, -0.2) is 20.4 Å². The lowest BCUT2D eigenvalue weighted by Gasteiger charge is -2.57. The van der Waals surface area contributed by atoms with Gasteiger partial charge >= 0.3 is 5.82 Å². The van der Waals surface area contributed by atoms with Crippen LogP contribution in [0, 0.1) is 34.8 Å². The Morgan fingerprint density at radius 1 is 1.27 bits per heavy atom. The van der Waals surface area contributed by atoms with Gasteiger partial charge in [-0.3, -0.25) is 4.79 Å². The topological polar surface area (TPSA) is 90.1 Å². The molecule has 1 aromatic heterocycles.